The number of rotatable bonds is 9. The first kappa shape index (κ1) is 23.2. The van der Waals surface area contributed by atoms with Gasteiger partial charge in [-0.3, -0.25) is 0 Å². The highest BCUT2D eigenvalue weighted by Gasteiger charge is 2.19. The van der Waals surface area contributed by atoms with Crippen LogP contribution in [0.3, 0.4) is 0 Å². The molecule has 0 aliphatic rings. The van der Waals surface area contributed by atoms with Gasteiger partial charge < -0.3 is 9.53 Å². The Labute approximate surface area is 190 Å². The molecule has 0 spiro atoms. The van der Waals surface area contributed by atoms with Crippen molar-refractivity contribution < 1.29 is 9.53 Å². The predicted octanol–water partition coefficient (Wildman–Crippen LogP) is 7.21. The summed E-state index contributed by atoms with van der Waals surface area (Å²) in [5, 5.41) is 0. The molecule has 0 fully saturated rings. The van der Waals surface area contributed by atoms with Crippen LogP contribution >= 0.6 is 11.5 Å². The van der Waals surface area contributed by atoms with E-state index in [1.54, 1.807) is 18.5 Å². The number of aryl methyl sites for hydroxylation is 2. The number of ketones is 1. The van der Waals surface area contributed by atoms with Crippen LogP contribution in [-0.2, 0) is 24.2 Å². The molecule has 3 rings (SSSR count). The van der Waals surface area contributed by atoms with E-state index in [4.69, 9.17) is 9.11 Å². The molecule has 31 heavy (non-hydrogen) atoms. The number of benzene rings is 2. The maximum Gasteiger partial charge on any atom is 0.130 e. The van der Waals surface area contributed by atoms with Gasteiger partial charge in [-0.15, -0.1) is 0 Å². The van der Waals surface area contributed by atoms with E-state index in [0.717, 1.165) is 35.4 Å². The zero-order valence-electron chi connectivity index (χ0n) is 19.5. The van der Waals surface area contributed by atoms with Crippen molar-refractivity contribution in [1.29, 1.82) is 0 Å². The highest BCUT2D eigenvalue weighted by molar-refractivity contribution is 7.06. The number of carbonyl (C=O) groups is 1. The minimum Gasteiger partial charge on any atom is -0.489 e. The van der Waals surface area contributed by atoms with E-state index in [2.05, 4.69) is 65.0 Å². The molecule has 3 aromatic rings. The van der Waals surface area contributed by atoms with Crippen molar-refractivity contribution in [3.05, 3.63) is 69.1 Å². The zero-order valence-corrected chi connectivity index (χ0v) is 20.4. The molecule has 0 N–H and O–H groups in total. The van der Waals surface area contributed by atoms with Crippen molar-refractivity contribution in [1.82, 2.24) is 4.37 Å². The summed E-state index contributed by atoms with van der Waals surface area (Å²) in [6, 6.07) is 12.8. The van der Waals surface area contributed by atoms with Crippen LogP contribution in [0.25, 0.3) is 11.3 Å². The first-order chi connectivity index (χ1) is 14.8. The Hall–Kier alpha value is -2.46. The van der Waals surface area contributed by atoms with E-state index in [1.165, 1.54) is 27.1 Å². The lowest BCUT2D eigenvalue weighted by Crippen LogP contribution is -2.04. The van der Waals surface area contributed by atoms with Gasteiger partial charge in [0.15, 0.2) is 0 Å². The SMILES string of the molecule is CCc1ccc(-c2nsc(C(C)C)c2COc2ccc(CCC(C)=O)c(C)c2C)cc1. The minimum atomic E-state index is 0.225. The molecule has 4 heteroatoms. The van der Waals surface area contributed by atoms with E-state index in [0.29, 0.717) is 18.9 Å². The number of carbonyl (C=O) groups excluding carboxylic acids is 1. The molecule has 1 heterocycles. The largest absolute Gasteiger partial charge is 0.489 e. The standard InChI is InChI=1S/C27H33NO2S/c1-7-21-9-12-23(13-10-21)26-24(27(17(2)3)31-28-26)16-30-25-15-14-22(11-8-18(4)29)19(5)20(25)6/h9-10,12-15,17H,7-8,11,16H2,1-6H3. The summed E-state index contributed by atoms with van der Waals surface area (Å²) in [6.07, 6.45) is 2.40. The van der Waals surface area contributed by atoms with Crippen LogP contribution in [0.4, 0.5) is 0 Å². The van der Waals surface area contributed by atoms with Crippen LogP contribution in [0.5, 0.6) is 5.75 Å². The third-order valence-electron chi connectivity index (χ3n) is 5.95. The Bertz CT molecular complexity index is 1050. The molecule has 0 aliphatic carbocycles. The van der Waals surface area contributed by atoms with Crippen LogP contribution in [0, 0.1) is 13.8 Å². The minimum absolute atomic E-state index is 0.225. The molecule has 0 atom stereocenters. The van der Waals surface area contributed by atoms with Crippen molar-refractivity contribution in [3.63, 3.8) is 0 Å². The lowest BCUT2D eigenvalue weighted by molar-refractivity contribution is -0.116. The van der Waals surface area contributed by atoms with Crippen LogP contribution < -0.4 is 4.74 Å². The number of Topliss-reactive ketones (excluding diaryl/α,β-unsaturated/α-hetero) is 1. The summed E-state index contributed by atoms with van der Waals surface area (Å²) in [5.41, 5.74) is 8.26. The fraction of sp³-hybridized carbons (Fsp3) is 0.407. The maximum absolute atomic E-state index is 11.4. The summed E-state index contributed by atoms with van der Waals surface area (Å²) in [7, 11) is 0. The molecule has 0 amide bonds. The van der Waals surface area contributed by atoms with E-state index < -0.39 is 0 Å². The van der Waals surface area contributed by atoms with Gasteiger partial charge in [-0.25, -0.2) is 0 Å². The van der Waals surface area contributed by atoms with Gasteiger partial charge in [0.1, 0.15) is 18.1 Å². The summed E-state index contributed by atoms with van der Waals surface area (Å²) in [5.74, 6) is 1.52. The van der Waals surface area contributed by atoms with Gasteiger partial charge in [0.05, 0.1) is 5.69 Å². The van der Waals surface area contributed by atoms with Gasteiger partial charge in [-0.05, 0) is 79.4 Å². The molecular formula is C27H33NO2S. The van der Waals surface area contributed by atoms with Gasteiger partial charge >= 0.3 is 0 Å². The molecule has 1 aromatic heterocycles. The molecule has 0 aliphatic heterocycles. The van der Waals surface area contributed by atoms with Crippen molar-refractivity contribution in [3.8, 4) is 17.0 Å². The average Bonchev–Trinajstić information content (AvgIpc) is 3.18. The predicted molar refractivity (Wildman–Crippen MR) is 130 cm³/mol. The molecule has 0 saturated carbocycles. The molecule has 0 saturated heterocycles. The summed E-state index contributed by atoms with van der Waals surface area (Å²) < 4.78 is 11.1. The molecule has 3 nitrogen and oxygen atoms in total. The van der Waals surface area contributed by atoms with Crippen molar-refractivity contribution in [2.24, 2.45) is 0 Å². The normalized spacial score (nSPS) is 11.2. The quantitative estimate of drug-likeness (QED) is 0.356. The number of hydrogen-bond acceptors (Lipinski definition) is 4. The van der Waals surface area contributed by atoms with Crippen molar-refractivity contribution in [2.75, 3.05) is 0 Å². The zero-order chi connectivity index (χ0) is 22.5. The molecule has 164 valence electrons. The average molecular weight is 436 g/mol. The summed E-state index contributed by atoms with van der Waals surface area (Å²) in [6.45, 7) is 13.0. The van der Waals surface area contributed by atoms with Gasteiger partial charge in [0, 0.05) is 22.4 Å². The number of hydrogen-bond donors (Lipinski definition) is 0. The number of aromatic nitrogens is 1. The smallest absolute Gasteiger partial charge is 0.130 e. The first-order valence-electron chi connectivity index (χ1n) is 11.1. The van der Waals surface area contributed by atoms with Crippen LogP contribution in [-0.4, -0.2) is 10.2 Å². The van der Waals surface area contributed by atoms with Crippen molar-refractivity contribution in [2.45, 2.75) is 73.3 Å². The van der Waals surface area contributed by atoms with Crippen LogP contribution in [0.1, 0.15) is 72.7 Å². The summed E-state index contributed by atoms with van der Waals surface area (Å²) in [4.78, 5) is 12.6. The van der Waals surface area contributed by atoms with E-state index in [9.17, 15) is 4.79 Å². The monoisotopic (exact) mass is 435 g/mol. The van der Waals surface area contributed by atoms with Gasteiger partial charge in [0.2, 0.25) is 0 Å². The van der Waals surface area contributed by atoms with Crippen molar-refractivity contribution >= 4 is 17.3 Å². The third kappa shape index (κ3) is 5.43. The van der Waals surface area contributed by atoms with Gasteiger partial charge in [0.25, 0.3) is 0 Å². The van der Waals surface area contributed by atoms with E-state index in [-0.39, 0.29) is 5.78 Å². The fourth-order valence-corrected chi connectivity index (χ4v) is 4.66. The molecule has 2 aromatic carbocycles. The Kier molecular flexibility index (Phi) is 7.66. The Balaban J connectivity index is 1.86. The second kappa shape index (κ2) is 10.2. The highest BCUT2D eigenvalue weighted by Crippen LogP contribution is 2.35. The van der Waals surface area contributed by atoms with Gasteiger partial charge in [-0.2, -0.15) is 4.37 Å². The van der Waals surface area contributed by atoms with E-state index >= 15 is 0 Å². The fourth-order valence-electron chi connectivity index (χ4n) is 3.78. The van der Waals surface area contributed by atoms with Gasteiger partial charge in [-0.1, -0.05) is 51.1 Å². The highest BCUT2D eigenvalue weighted by atomic mass is 32.1. The molecule has 0 radical (unpaired) electrons. The Morgan fingerprint density at radius 3 is 2.39 bits per heavy atom. The van der Waals surface area contributed by atoms with E-state index in [1.807, 2.05) is 6.07 Å². The first-order valence-corrected chi connectivity index (χ1v) is 11.9. The lowest BCUT2D eigenvalue weighted by atomic mass is 9.98. The molecule has 0 unspecified atom stereocenters. The lowest BCUT2D eigenvalue weighted by Gasteiger charge is -2.16. The van der Waals surface area contributed by atoms with Crippen LogP contribution in [0.15, 0.2) is 36.4 Å². The van der Waals surface area contributed by atoms with Crippen LogP contribution in [0.2, 0.25) is 0 Å². The Morgan fingerprint density at radius 2 is 1.77 bits per heavy atom. The molecular weight excluding hydrogens is 402 g/mol. The maximum atomic E-state index is 11.4. The topological polar surface area (TPSA) is 39.2 Å². The third-order valence-corrected chi connectivity index (χ3v) is 7.13. The molecule has 0 bridgehead atoms. The Morgan fingerprint density at radius 1 is 1.06 bits per heavy atom. The number of ether oxygens (including phenoxy) is 1. The second-order valence-corrected chi connectivity index (χ2v) is 9.35. The number of nitrogens with zero attached hydrogens (tertiary/aromatic N) is 1. The second-order valence-electron chi connectivity index (χ2n) is 8.54. The summed E-state index contributed by atoms with van der Waals surface area (Å²) >= 11 is 1.58.